The molecule has 1 saturated carbocycles. The molecule has 0 aliphatic heterocycles. The van der Waals surface area contributed by atoms with Crippen LogP contribution in [0.3, 0.4) is 0 Å². The van der Waals surface area contributed by atoms with Crippen LogP contribution in [0.25, 0.3) is 0 Å². The maximum atomic E-state index is 6.04. The van der Waals surface area contributed by atoms with Crippen molar-refractivity contribution in [1.82, 2.24) is 0 Å². The van der Waals surface area contributed by atoms with Gasteiger partial charge < -0.3 is 5.73 Å². The predicted octanol–water partition coefficient (Wildman–Crippen LogP) is 3.28. The smallest absolute Gasteiger partial charge is 0.0323 e. The summed E-state index contributed by atoms with van der Waals surface area (Å²) in [5.74, 6) is 0.742. The average molecular weight is 263 g/mol. The average Bonchev–Trinajstić information content (AvgIpc) is 2.87. The summed E-state index contributed by atoms with van der Waals surface area (Å²) in [4.78, 5) is 0. The van der Waals surface area contributed by atoms with Crippen LogP contribution in [0.1, 0.15) is 24.4 Å². The molecule has 0 amide bonds. The Morgan fingerprint density at radius 1 is 1.23 bits per heavy atom. The van der Waals surface area contributed by atoms with E-state index in [0.29, 0.717) is 0 Å². The van der Waals surface area contributed by atoms with Crippen molar-refractivity contribution in [2.75, 3.05) is 0 Å². The van der Waals surface area contributed by atoms with Crippen molar-refractivity contribution in [2.45, 2.75) is 18.9 Å². The van der Waals surface area contributed by atoms with E-state index in [9.17, 15) is 0 Å². The number of hydrogen-bond donors (Lipinski definition) is 1. The number of halogens is 2. The van der Waals surface area contributed by atoms with E-state index in [1.165, 1.54) is 18.4 Å². The third kappa shape index (κ3) is 2.70. The van der Waals surface area contributed by atoms with Gasteiger partial charge in [0.1, 0.15) is 0 Å². The second-order valence-electron chi connectivity index (χ2n) is 3.41. The first-order valence-corrected chi connectivity index (χ1v) is 5.08. The third-order valence-corrected chi connectivity index (χ3v) is 2.91. The molecule has 1 aliphatic rings. The second kappa shape index (κ2) is 4.45. The Hall–Kier alpha value is -0.0500. The predicted molar refractivity (Wildman–Crippen MR) is 61.0 cm³/mol. The monoisotopic (exact) mass is 261 g/mol. The molecule has 2 rings (SSSR count). The molecule has 0 unspecified atom stereocenters. The van der Waals surface area contributed by atoms with Crippen LogP contribution in [0.2, 0.25) is 0 Å². The minimum absolute atomic E-state index is 0. The summed E-state index contributed by atoms with van der Waals surface area (Å²) in [7, 11) is 0. The van der Waals surface area contributed by atoms with E-state index in [4.69, 9.17) is 5.73 Å². The van der Waals surface area contributed by atoms with Crippen LogP contribution in [0.15, 0.2) is 28.7 Å². The van der Waals surface area contributed by atoms with Gasteiger partial charge >= 0.3 is 0 Å². The minimum Gasteiger partial charge on any atom is -0.324 e. The highest BCUT2D eigenvalue weighted by atomic mass is 79.9. The lowest BCUT2D eigenvalue weighted by molar-refractivity contribution is 0.633. The highest BCUT2D eigenvalue weighted by Gasteiger charge is 2.29. The van der Waals surface area contributed by atoms with E-state index in [1.54, 1.807) is 0 Å². The zero-order chi connectivity index (χ0) is 8.55. The van der Waals surface area contributed by atoms with Crippen LogP contribution in [0, 0.1) is 5.92 Å². The molecule has 1 fully saturated rings. The van der Waals surface area contributed by atoms with Crippen molar-refractivity contribution in [1.29, 1.82) is 0 Å². The fraction of sp³-hybridized carbons (Fsp3) is 0.400. The Labute approximate surface area is 93.2 Å². The first-order valence-electron chi connectivity index (χ1n) is 4.28. The number of nitrogens with two attached hydrogens (primary N) is 1. The fourth-order valence-electron chi connectivity index (χ4n) is 1.41. The van der Waals surface area contributed by atoms with Crippen LogP contribution in [0.4, 0.5) is 0 Å². The first-order chi connectivity index (χ1) is 5.77. The van der Waals surface area contributed by atoms with Crippen molar-refractivity contribution in [2.24, 2.45) is 11.7 Å². The standard InChI is InChI=1S/C10H12BrN.ClH/c11-9-5-3-8(4-6-9)10(12)7-1-2-7;/h3-7,10H,1-2,12H2;1H/t10-;/m1./s1. The zero-order valence-electron chi connectivity index (χ0n) is 7.24. The van der Waals surface area contributed by atoms with Crippen LogP contribution >= 0.6 is 28.3 Å². The molecule has 3 heteroatoms. The molecule has 0 bridgehead atoms. The Morgan fingerprint density at radius 2 is 1.77 bits per heavy atom. The molecule has 1 aromatic rings. The van der Waals surface area contributed by atoms with Crippen molar-refractivity contribution >= 4 is 28.3 Å². The van der Waals surface area contributed by atoms with E-state index in [2.05, 4.69) is 40.2 Å². The molecule has 13 heavy (non-hydrogen) atoms. The molecule has 0 radical (unpaired) electrons. The van der Waals surface area contributed by atoms with Gasteiger partial charge in [-0.1, -0.05) is 28.1 Å². The second-order valence-corrected chi connectivity index (χ2v) is 4.33. The summed E-state index contributed by atoms with van der Waals surface area (Å²) >= 11 is 3.41. The SMILES string of the molecule is Cl.N[C@@H](c1ccc(Br)cc1)C1CC1. The lowest BCUT2D eigenvalue weighted by Crippen LogP contribution is -2.11. The van der Waals surface area contributed by atoms with Crippen molar-refractivity contribution in [3.8, 4) is 0 Å². The van der Waals surface area contributed by atoms with E-state index < -0.39 is 0 Å². The molecule has 2 N–H and O–H groups in total. The third-order valence-electron chi connectivity index (χ3n) is 2.38. The summed E-state index contributed by atoms with van der Waals surface area (Å²) in [5.41, 5.74) is 7.30. The summed E-state index contributed by atoms with van der Waals surface area (Å²) < 4.78 is 1.12. The van der Waals surface area contributed by atoms with Gasteiger partial charge in [0.15, 0.2) is 0 Å². The van der Waals surface area contributed by atoms with Crippen molar-refractivity contribution < 1.29 is 0 Å². The van der Waals surface area contributed by atoms with Gasteiger partial charge in [-0.25, -0.2) is 0 Å². The Kier molecular flexibility index (Phi) is 3.77. The quantitative estimate of drug-likeness (QED) is 0.870. The highest BCUT2D eigenvalue weighted by Crippen LogP contribution is 2.39. The molecule has 72 valence electrons. The highest BCUT2D eigenvalue weighted by molar-refractivity contribution is 9.10. The van der Waals surface area contributed by atoms with Crippen LogP contribution in [-0.2, 0) is 0 Å². The van der Waals surface area contributed by atoms with Gasteiger partial charge in [0.2, 0.25) is 0 Å². The normalized spacial score (nSPS) is 17.7. The molecule has 1 atom stereocenters. The Morgan fingerprint density at radius 3 is 2.23 bits per heavy atom. The number of hydrogen-bond acceptors (Lipinski definition) is 1. The van der Waals surface area contributed by atoms with Crippen LogP contribution in [-0.4, -0.2) is 0 Å². The van der Waals surface area contributed by atoms with Gasteiger partial charge in [-0.05, 0) is 36.5 Å². The maximum Gasteiger partial charge on any atom is 0.0323 e. The summed E-state index contributed by atoms with van der Waals surface area (Å²) in [6.45, 7) is 0. The van der Waals surface area contributed by atoms with Crippen LogP contribution < -0.4 is 5.73 Å². The molecule has 1 aromatic carbocycles. The molecule has 0 aromatic heterocycles. The van der Waals surface area contributed by atoms with Gasteiger partial charge in [-0.3, -0.25) is 0 Å². The molecular formula is C10H13BrClN. The Bertz CT molecular complexity index is 269. The molecule has 0 spiro atoms. The van der Waals surface area contributed by atoms with E-state index >= 15 is 0 Å². The molecule has 1 nitrogen and oxygen atoms in total. The van der Waals surface area contributed by atoms with Crippen LogP contribution in [0.5, 0.6) is 0 Å². The molecular weight excluding hydrogens is 249 g/mol. The van der Waals surface area contributed by atoms with E-state index in [1.807, 2.05) is 0 Å². The molecule has 0 heterocycles. The van der Waals surface area contributed by atoms with Gasteiger partial charge in [-0.15, -0.1) is 12.4 Å². The van der Waals surface area contributed by atoms with Crippen molar-refractivity contribution in [3.63, 3.8) is 0 Å². The Balaban J connectivity index is 0.000000845. The largest absolute Gasteiger partial charge is 0.324 e. The van der Waals surface area contributed by atoms with Gasteiger partial charge in [0.25, 0.3) is 0 Å². The maximum absolute atomic E-state index is 6.04. The zero-order valence-corrected chi connectivity index (χ0v) is 9.64. The van der Waals surface area contributed by atoms with Gasteiger partial charge in [-0.2, -0.15) is 0 Å². The lowest BCUT2D eigenvalue weighted by Gasteiger charge is -2.09. The summed E-state index contributed by atoms with van der Waals surface area (Å²) in [5, 5.41) is 0. The fourth-order valence-corrected chi connectivity index (χ4v) is 1.68. The van der Waals surface area contributed by atoms with E-state index in [0.717, 1.165) is 10.4 Å². The van der Waals surface area contributed by atoms with Gasteiger partial charge in [0.05, 0.1) is 0 Å². The molecule has 1 aliphatic carbocycles. The summed E-state index contributed by atoms with van der Waals surface area (Å²) in [6.07, 6.45) is 2.61. The number of rotatable bonds is 2. The summed E-state index contributed by atoms with van der Waals surface area (Å²) in [6, 6.07) is 8.58. The molecule has 0 saturated heterocycles. The minimum atomic E-state index is 0. The van der Waals surface area contributed by atoms with E-state index in [-0.39, 0.29) is 18.4 Å². The lowest BCUT2D eigenvalue weighted by atomic mass is 10.0. The topological polar surface area (TPSA) is 26.0 Å². The van der Waals surface area contributed by atoms with Gasteiger partial charge in [0, 0.05) is 10.5 Å². The number of benzene rings is 1. The van der Waals surface area contributed by atoms with Crippen molar-refractivity contribution in [3.05, 3.63) is 34.3 Å². The first kappa shape index (κ1) is 11.0.